The van der Waals surface area contributed by atoms with Crippen molar-refractivity contribution in [2.45, 2.75) is 26.4 Å². The summed E-state index contributed by atoms with van der Waals surface area (Å²) in [5.41, 5.74) is 1.92. The smallest absolute Gasteiger partial charge is 0.410 e. The Morgan fingerprint density at radius 1 is 1.04 bits per heavy atom. The first-order chi connectivity index (χ1) is 13.4. The first-order valence-electron chi connectivity index (χ1n) is 9.45. The van der Waals surface area contributed by atoms with Crippen LogP contribution in [-0.2, 0) is 4.74 Å². The Morgan fingerprint density at radius 3 is 2.54 bits per heavy atom. The van der Waals surface area contributed by atoms with Crippen molar-refractivity contribution in [3.63, 3.8) is 0 Å². The van der Waals surface area contributed by atoms with Crippen LogP contribution in [0.5, 0.6) is 0 Å². The number of piperazine rings is 1. The van der Waals surface area contributed by atoms with E-state index in [1.54, 1.807) is 4.90 Å². The maximum absolute atomic E-state index is 12.2. The van der Waals surface area contributed by atoms with E-state index < -0.39 is 5.60 Å². The van der Waals surface area contributed by atoms with Crippen LogP contribution in [0.2, 0.25) is 0 Å². The fourth-order valence-electron chi connectivity index (χ4n) is 3.18. The number of para-hydroxylation sites is 1. The number of carbonyl (C=O) groups excluding carboxylic acids is 1. The molecule has 3 heterocycles. The molecule has 1 saturated heterocycles. The van der Waals surface area contributed by atoms with Crippen LogP contribution in [0.15, 0.2) is 47.0 Å². The molecular weight excluding hydrogens is 356 g/mol. The molecule has 1 aromatic carbocycles. The molecule has 0 aliphatic carbocycles. The largest absolute Gasteiger partial charge is 0.444 e. The highest BCUT2D eigenvalue weighted by Crippen LogP contribution is 2.25. The van der Waals surface area contributed by atoms with Gasteiger partial charge in [-0.3, -0.25) is 0 Å². The molecule has 1 aliphatic heterocycles. The summed E-state index contributed by atoms with van der Waals surface area (Å²) in [6.45, 7) is 8.12. The number of amides is 1. The van der Waals surface area contributed by atoms with Gasteiger partial charge in [0, 0.05) is 37.6 Å². The fourth-order valence-corrected chi connectivity index (χ4v) is 3.18. The van der Waals surface area contributed by atoms with E-state index >= 15 is 0 Å². The molecule has 0 saturated carbocycles. The van der Waals surface area contributed by atoms with Gasteiger partial charge in [-0.15, -0.1) is 0 Å². The molecule has 4 rings (SSSR count). The fraction of sp³-hybridized carbons (Fsp3) is 0.381. The zero-order valence-corrected chi connectivity index (χ0v) is 16.4. The summed E-state index contributed by atoms with van der Waals surface area (Å²) in [5, 5.41) is 5.28. The van der Waals surface area contributed by atoms with Crippen LogP contribution in [0.4, 0.5) is 10.7 Å². The van der Waals surface area contributed by atoms with Crippen molar-refractivity contribution in [1.82, 2.24) is 15.0 Å². The highest BCUT2D eigenvalue weighted by atomic mass is 16.6. The third kappa shape index (κ3) is 3.93. The van der Waals surface area contributed by atoms with Crippen molar-refractivity contribution >= 4 is 22.9 Å². The summed E-state index contributed by atoms with van der Waals surface area (Å²) in [6, 6.07) is 13.9. The molecule has 1 fully saturated rings. The van der Waals surface area contributed by atoms with Crippen LogP contribution in [0.3, 0.4) is 0 Å². The van der Waals surface area contributed by atoms with E-state index in [2.05, 4.69) is 15.0 Å². The van der Waals surface area contributed by atoms with E-state index in [4.69, 9.17) is 9.26 Å². The third-order valence-corrected chi connectivity index (χ3v) is 4.60. The van der Waals surface area contributed by atoms with Gasteiger partial charge in [0.1, 0.15) is 11.3 Å². The molecule has 1 aliphatic rings. The molecule has 7 nitrogen and oxygen atoms in total. The van der Waals surface area contributed by atoms with Gasteiger partial charge < -0.3 is 19.1 Å². The summed E-state index contributed by atoms with van der Waals surface area (Å²) in [6.07, 6.45) is -0.272. The maximum Gasteiger partial charge on any atom is 0.410 e. The van der Waals surface area contributed by atoms with Crippen LogP contribution >= 0.6 is 0 Å². The standard InChI is InChI=1S/C21H24N4O3/c1-21(2,3)27-20(26)25-12-10-24(11-13-25)19-14-18(23-28-19)17-9-8-15-6-4-5-7-16(15)22-17/h4-9,14H,10-13H2,1-3H3. The molecule has 7 heteroatoms. The van der Waals surface area contributed by atoms with E-state index in [0.717, 1.165) is 16.6 Å². The zero-order valence-electron chi connectivity index (χ0n) is 16.4. The van der Waals surface area contributed by atoms with E-state index in [0.29, 0.717) is 37.8 Å². The van der Waals surface area contributed by atoms with Crippen LogP contribution in [-0.4, -0.2) is 52.9 Å². The number of hydrogen-bond acceptors (Lipinski definition) is 6. The second kappa shape index (κ2) is 7.14. The van der Waals surface area contributed by atoms with Gasteiger partial charge in [-0.1, -0.05) is 29.4 Å². The number of ether oxygens (including phenoxy) is 1. The average molecular weight is 380 g/mol. The van der Waals surface area contributed by atoms with Crippen molar-refractivity contribution in [2.75, 3.05) is 31.1 Å². The molecule has 28 heavy (non-hydrogen) atoms. The maximum atomic E-state index is 12.2. The number of hydrogen-bond donors (Lipinski definition) is 0. The van der Waals surface area contributed by atoms with Crippen molar-refractivity contribution < 1.29 is 14.1 Å². The number of nitrogens with zero attached hydrogens (tertiary/aromatic N) is 4. The van der Waals surface area contributed by atoms with Crippen LogP contribution in [0.1, 0.15) is 20.8 Å². The lowest BCUT2D eigenvalue weighted by Crippen LogP contribution is -2.50. The SMILES string of the molecule is CC(C)(C)OC(=O)N1CCN(c2cc(-c3ccc4ccccc4n3)no2)CC1. The topological polar surface area (TPSA) is 71.7 Å². The van der Waals surface area contributed by atoms with Crippen LogP contribution in [0, 0.1) is 0 Å². The monoisotopic (exact) mass is 380 g/mol. The summed E-state index contributed by atoms with van der Waals surface area (Å²) in [5.74, 6) is 0.689. The van der Waals surface area contributed by atoms with E-state index in [1.165, 1.54) is 0 Å². The van der Waals surface area contributed by atoms with Gasteiger partial charge in [0.05, 0.1) is 11.2 Å². The molecule has 0 bridgehead atoms. The minimum absolute atomic E-state index is 0.272. The molecule has 0 unspecified atom stereocenters. The number of fused-ring (bicyclic) bond motifs is 1. The average Bonchev–Trinajstić information content (AvgIpc) is 3.16. The predicted molar refractivity (Wildman–Crippen MR) is 107 cm³/mol. The zero-order chi connectivity index (χ0) is 19.7. The predicted octanol–water partition coefficient (Wildman–Crippen LogP) is 3.95. The molecule has 146 valence electrons. The Balaban J connectivity index is 1.43. The van der Waals surface area contributed by atoms with Crippen LogP contribution in [0.25, 0.3) is 22.3 Å². The van der Waals surface area contributed by atoms with Gasteiger partial charge in [0.25, 0.3) is 0 Å². The molecular formula is C21H24N4O3. The highest BCUT2D eigenvalue weighted by Gasteiger charge is 2.27. The molecule has 0 radical (unpaired) electrons. The molecule has 3 aromatic rings. The number of anilines is 1. The lowest BCUT2D eigenvalue weighted by Gasteiger charge is -2.35. The first kappa shape index (κ1) is 18.3. The van der Waals surface area contributed by atoms with E-state index in [1.807, 2.05) is 63.2 Å². The van der Waals surface area contributed by atoms with Gasteiger partial charge in [0.2, 0.25) is 5.88 Å². The summed E-state index contributed by atoms with van der Waals surface area (Å²) in [7, 11) is 0. The number of rotatable bonds is 2. The molecule has 2 aromatic heterocycles. The first-order valence-corrected chi connectivity index (χ1v) is 9.45. The lowest BCUT2D eigenvalue weighted by atomic mass is 10.2. The summed E-state index contributed by atoms with van der Waals surface area (Å²) >= 11 is 0. The second-order valence-electron chi connectivity index (χ2n) is 7.89. The van der Waals surface area contributed by atoms with Crippen molar-refractivity contribution in [3.8, 4) is 11.4 Å². The Morgan fingerprint density at radius 2 is 1.79 bits per heavy atom. The number of carbonyl (C=O) groups is 1. The molecule has 0 atom stereocenters. The lowest BCUT2D eigenvalue weighted by molar-refractivity contribution is 0.0239. The number of pyridine rings is 1. The van der Waals surface area contributed by atoms with Gasteiger partial charge in [-0.2, -0.15) is 0 Å². The Labute approximate surface area is 163 Å². The molecule has 0 spiro atoms. The minimum Gasteiger partial charge on any atom is -0.444 e. The van der Waals surface area contributed by atoms with Gasteiger partial charge in [-0.05, 0) is 32.9 Å². The second-order valence-corrected chi connectivity index (χ2v) is 7.89. The Kier molecular flexibility index (Phi) is 4.66. The number of aromatic nitrogens is 2. The Bertz CT molecular complexity index is 984. The summed E-state index contributed by atoms with van der Waals surface area (Å²) in [4.78, 5) is 20.7. The third-order valence-electron chi connectivity index (χ3n) is 4.60. The van der Waals surface area contributed by atoms with E-state index in [9.17, 15) is 4.79 Å². The Hall–Kier alpha value is -3.09. The van der Waals surface area contributed by atoms with Crippen molar-refractivity contribution in [1.29, 1.82) is 0 Å². The van der Waals surface area contributed by atoms with Crippen molar-refractivity contribution in [3.05, 3.63) is 42.5 Å². The van der Waals surface area contributed by atoms with Gasteiger partial charge in [-0.25, -0.2) is 9.78 Å². The minimum atomic E-state index is -0.485. The quantitative estimate of drug-likeness (QED) is 0.670. The van der Waals surface area contributed by atoms with Gasteiger partial charge in [0.15, 0.2) is 0 Å². The normalized spacial score (nSPS) is 15.1. The highest BCUT2D eigenvalue weighted by molar-refractivity contribution is 5.81. The number of benzene rings is 1. The van der Waals surface area contributed by atoms with Crippen molar-refractivity contribution in [2.24, 2.45) is 0 Å². The van der Waals surface area contributed by atoms with Gasteiger partial charge >= 0.3 is 6.09 Å². The molecule has 0 N–H and O–H groups in total. The summed E-state index contributed by atoms with van der Waals surface area (Å²) < 4.78 is 11.0. The molecule has 1 amide bonds. The van der Waals surface area contributed by atoms with Crippen LogP contribution < -0.4 is 4.90 Å². The van der Waals surface area contributed by atoms with E-state index in [-0.39, 0.29) is 6.09 Å².